The first-order valence-corrected chi connectivity index (χ1v) is 13.8. The van der Waals surface area contributed by atoms with Gasteiger partial charge in [-0.25, -0.2) is 0 Å². The quantitative estimate of drug-likeness (QED) is 0.209. The highest BCUT2D eigenvalue weighted by Gasteiger charge is 2.13. The Kier molecular flexibility index (Phi) is 13.7. The predicted molar refractivity (Wildman–Crippen MR) is 141 cm³/mol. The SMILES string of the molecule is CCCCCCCc1cc2ccccc2c(CCCCCCC)c1CCCCCCC. The lowest BCUT2D eigenvalue weighted by Gasteiger charge is -2.19. The highest BCUT2D eigenvalue weighted by molar-refractivity contribution is 5.88. The molecule has 2 aromatic carbocycles. The van der Waals surface area contributed by atoms with Crippen LogP contribution in [0.15, 0.2) is 30.3 Å². The van der Waals surface area contributed by atoms with Crippen LogP contribution in [0.5, 0.6) is 0 Å². The van der Waals surface area contributed by atoms with Gasteiger partial charge in [0.15, 0.2) is 0 Å². The van der Waals surface area contributed by atoms with E-state index in [9.17, 15) is 0 Å². The monoisotopic (exact) mass is 422 g/mol. The van der Waals surface area contributed by atoms with Gasteiger partial charge in [-0.3, -0.25) is 0 Å². The van der Waals surface area contributed by atoms with Gasteiger partial charge in [-0.1, -0.05) is 128 Å². The maximum absolute atomic E-state index is 2.55. The third-order valence-electron chi connectivity index (χ3n) is 6.98. The molecule has 0 N–H and O–H groups in total. The summed E-state index contributed by atoms with van der Waals surface area (Å²) in [4.78, 5) is 0. The molecule has 0 nitrogen and oxygen atoms in total. The van der Waals surface area contributed by atoms with E-state index in [-0.39, 0.29) is 0 Å². The fourth-order valence-corrected chi connectivity index (χ4v) is 5.08. The summed E-state index contributed by atoms with van der Waals surface area (Å²) in [6, 6.07) is 11.8. The van der Waals surface area contributed by atoms with E-state index in [0.29, 0.717) is 0 Å². The zero-order chi connectivity index (χ0) is 22.2. The topological polar surface area (TPSA) is 0 Å². The van der Waals surface area contributed by atoms with Crippen molar-refractivity contribution in [3.05, 3.63) is 47.0 Å². The molecule has 0 saturated carbocycles. The number of aryl methyl sites for hydroxylation is 2. The van der Waals surface area contributed by atoms with E-state index < -0.39 is 0 Å². The largest absolute Gasteiger partial charge is 0.0654 e. The summed E-state index contributed by atoms with van der Waals surface area (Å²) in [7, 11) is 0. The molecule has 0 heteroatoms. The van der Waals surface area contributed by atoms with Crippen LogP contribution in [-0.2, 0) is 19.3 Å². The van der Waals surface area contributed by atoms with Crippen LogP contribution < -0.4 is 0 Å². The summed E-state index contributed by atoms with van der Waals surface area (Å²) >= 11 is 0. The number of hydrogen-bond acceptors (Lipinski definition) is 0. The Labute approximate surface area is 194 Å². The van der Waals surface area contributed by atoms with Gasteiger partial charge in [0.05, 0.1) is 0 Å². The molecule has 0 radical (unpaired) electrons. The normalized spacial score (nSPS) is 11.5. The molecule has 0 atom stereocenters. The van der Waals surface area contributed by atoms with Gasteiger partial charge in [-0.15, -0.1) is 0 Å². The highest BCUT2D eigenvalue weighted by atomic mass is 14.2. The zero-order valence-electron chi connectivity index (χ0n) is 21.1. The average molecular weight is 423 g/mol. The molecule has 0 amide bonds. The number of rotatable bonds is 18. The van der Waals surface area contributed by atoms with Crippen molar-refractivity contribution in [2.45, 2.75) is 136 Å². The lowest BCUT2D eigenvalue weighted by atomic mass is 9.86. The summed E-state index contributed by atoms with van der Waals surface area (Å²) in [5.74, 6) is 0. The van der Waals surface area contributed by atoms with Gasteiger partial charge >= 0.3 is 0 Å². The van der Waals surface area contributed by atoms with E-state index in [4.69, 9.17) is 0 Å². The molecule has 0 aliphatic carbocycles. The minimum absolute atomic E-state index is 1.28. The highest BCUT2D eigenvalue weighted by Crippen LogP contribution is 2.31. The van der Waals surface area contributed by atoms with E-state index in [0.717, 1.165) is 0 Å². The molecule has 174 valence electrons. The van der Waals surface area contributed by atoms with Crippen LogP contribution in [0, 0.1) is 0 Å². The summed E-state index contributed by atoms with van der Waals surface area (Å²) in [6.07, 6.45) is 24.5. The Hall–Kier alpha value is -1.30. The minimum Gasteiger partial charge on any atom is -0.0654 e. The predicted octanol–water partition coefficient (Wildman–Crippen LogP) is 10.4. The second-order valence-electron chi connectivity index (χ2n) is 9.71. The number of fused-ring (bicyclic) bond motifs is 1. The minimum atomic E-state index is 1.28. The lowest BCUT2D eigenvalue weighted by molar-refractivity contribution is 0.614. The van der Waals surface area contributed by atoms with Gasteiger partial charge in [-0.05, 0) is 66.0 Å². The van der Waals surface area contributed by atoms with E-state index in [2.05, 4.69) is 51.1 Å². The molecule has 0 aliphatic rings. The third-order valence-corrected chi connectivity index (χ3v) is 6.98. The van der Waals surface area contributed by atoms with Crippen LogP contribution in [0.1, 0.15) is 134 Å². The van der Waals surface area contributed by atoms with Crippen molar-refractivity contribution in [3.63, 3.8) is 0 Å². The van der Waals surface area contributed by atoms with Crippen molar-refractivity contribution in [2.75, 3.05) is 0 Å². The Balaban J connectivity index is 2.20. The average Bonchev–Trinajstić information content (AvgIpc) is 2.79. The first-order chi connectivity index (χ1) is 15.3. The lowest BCUT2D eigenvalue weighted by Crippen LogP contribution is -2.04. The van der Waals surface area contributed by atoms with Crippen molar-refractivity contribution < 1.29 is 0 Å². The van der Waals surface area contributed by atoms with Gasteiger partial charge < -0.3 is 0 Å². The van der Waals surface area contributed by atoms with Crippen LogP contribution in [0.25, 0.3) is 10.8 Å². The van der Waals surface area contributed by atoms with Crippen molar-refractivity contribution in [2.24, 2.45) is 0 Å². The molecule has 2 rings (SSSR count). The molecular formula is C31H50. The van der Waals surface area contributed by atoms with Crippen LogP contribution >= 0.6 is 0 Å². The van der Waals surface area contributed by atoms with Crippen molar-refractivity contribution in [3.8, 4) is 0 Å². The Morgan fingerprint density at radius 1 is 0.484 bits per heavy atom. The van der Waals surface area contributed by atoms with E-state index in [1.165, 1.54) is 126 Å². The number of unbranched alkanes of at least 4 members (excludes halogenated alkanes) is 12. The molecule has 2 aromatic rings. The molecule has 0 aromatic heterocycles. The summed E-state index contributed by atoms with van der Waals surface area (Å²) < 4.78 is 0. The molecule has 0 saturated heterocycles. The smallest absolute Gasteiger partial charge is 0.0149 e. The van der Waals surface area contributed by atoms with Crippen molar-refractivity contribution >= 4 is 10.8 Å². The van der Waals surface area contributed by atoms with E-state index in [1.807, 2.05) is 0 Å². The van der Waals surface area contributed by atoms with Crippen LogP contribution in [-0.4, -0.2) is 0 Å². The second-order valence-corrected chi connectivity index (χ2v) is 9.71. The Morgan fingerprint density at radius 3 is 1.55 bits per heavy atom. The summed E-state index contributed by atoms with van der Waals surface area (Å²) in [5, 5.41) is 3.01. The Morgan fingerprint density at radius 2 is 0.968 bits per heavy atom. The van der Waals surface area contributed by atoms with E-state index >= 15 is 0 Å². The molecule has 0 spiro atoms. The second kappa shape index (κ2) is 16.3. The van der Waals surface area contributed by atoms with Gasteiger partial charge in [0.1, 0.15) is 0 Å². The van der Waals surface area contributed by atoms with E-state index in [1.54, 1.807) is 16.7 Å². The molecule has 0 aliphatic heterocycles. The first-order valence-electron chi connectivity index (χ1n) is 13.8. The van der Waals surface area contributed by atoms with Gasteiger partial charge in [-0.2, -0.15) is 0 Å². The Bertz CT molecular complexity index is 711. The summed E-state index contributed by atoms with van der Waals surface area (Å²) in [6.45, 7) is 6.94. The fourth-order valence-electron chi connectivity index (χ4n) is 5.08. The molecule has 0 bridgehead atoms. The van der Waals surface area contributed by atoms with Crippen molar-refractivity contribution in [1.29, 1.82) is 0 Å². The van der Waals surface area contributed by atoms with Crippen LogP contribution in [0.2, 0.25) is 0 Å². The fraction of sp³-hybridized carbons (Fsp3) is 0.677. The maximum atomic E-state index is 2.55. The van der Waals surface area contributed by atoms with Gasteiger partial charge in [0.25, 0.3) is 0 Å². The standard InChI is InChI=1S/C31H50/c1-4-7-10-13-16-21-27-26-28-22-19-20-24-30(28)31(25-18-15-12-9-6-3)29(27)23-17-14-11-8-5-2/h19-20,22,24,26H,4-18,21,23,25H2,1-3H3. The molecule has 31 heavy (non-hydrogen) atoms. The molecular weight excluding hydrogens is 372 g/mol. The first kappa shape index (κ1) is 26.0. The third kappa shape index (κ3) is 9.38. The number of hydrogen-bond donors (Lipinski definition) is 0. The molecule has 0 unspecified atom stereocenters. The van der Waals surface area contributed by atoms with Crippen LogP contribution in [0.3, 0.4) is 0 Å². The molecule has 0 fully saturated rings. The van der Waals surface area contributed by atoms with Crippen LogP contribution in [0.4, 0.5) is 0 Å². The molecule has 0 heterocycles. The number of benzene rings is 2. The summed E-state index contributed by atoms with van der Waals surface area (Å²) in [5.41, 5.74) is 5.11. The van der Waals surface area contributed by atoms with Gasteiger partial charge in [0, 0.05) is 0 Å². The van der Waals surface area contributed by atoms with Gasteiger partial charge in [0.2, 0.25) is 0 Å². The maximum Gasteiger partial charge on any atom is -0.0149 e. The van der Waals surface area contributed by atoms with Crippen molar-refractivity contribution in [1.82, 2.24) is 0 Å². The zero-order valence-corrected chi connectivity index (χ0v) is 21.1.